The van der Waals surface area contributed by atoms with Crippen molar-refractivity contribution in [1.29, 1.82) is 5.26 Å². The van der Waals surface area contributed by atoms with E-state index in [0.717, 1.165) is 21.9 Å². The van der Waals surface area contributed by atoms with Gasteiger partial charge in [-0.1, -0.05) is 18.2 Å². The summed E-state index contributed by atoms with van der Waals surface area (Å²) in [5.41, 5.74) is 0.435. The van der Waals surface area contributed by atoms with Crippen molar-refractivity contribution in [3.63, 3.8) is 0 Å². The number of Topliss-reactive ketones (excluding diaryl/α,β-unsaturated/α-hetero) is 1. The van der Waals surface area contributed by atoms with Crippen molar-refractivity contribution in [2.24, 2.45) is 7.05 Å². The topological polar surface area (TPSA) is 103 Å². The van der Waals surface area contributed by atoms with Gasteiger partial charge in [-0.05, 0) is 48.7 Å². The van der Waals surface area contributed by atoms with Gasteiger partial charge >= 0.3 is 18.2 Å². The Morgan fingerprint density at radius 3 is 2.48 bits per heavy atom. The summed E-state index contributed by atoms with van der Waals surface area (Å²) in [6.45, 7) is 0. The molecule has 1 aliphatic carbocycles. The summed E-state index contributed by atoms with van der Waals surface area (Å²) in [5.74, 6) is -0.318. The summed E-state index contributed by atoms with van der Waals surface area (Å²) in [6.07, 6.45) is -0.902. The minimum atomic E-state index is -4.67. The van der Waals surface area contributed by atoms with E-state index in [1.807, 2.05) is 6.07 Å². The molecule has 0 saturated heterocycles. The van der Waals surface area contributed by atoms with Crippen LogP contribution in [-0.2, 0) is 18.0 Å². The van der Waals surface area contributed by atoms with Gasteiger partial charge in [-0.2, -0.15) is 23.5 Å². The second-order valence-electron chi connectivity index (χ2n) is 9.52. The summed E-state index contributed by atoms with van der Waals surface area (Å²) < 4.78 is 42.3. The van der Waals surface area contributed by atoms with E-state index in [1.54, 1.807) is 25.4 Å². The lowest BCUT2D eigenvalue weighted by molar-refractivity contribution is -0.137. The first kappa shape index (κ1) is 26.7. The highest BCUT2D eigenvalue weighted by Crippen LogP contribution is 2.45. The molecule has 4 amide bonds. The maximum atomic E-state index is 14.2. The summed E-state index contributed by atoms with van der Waals surface area (Å²) >= 11 is 0. The molecule has 0 saturated carbocycles. The molecule has 1 unspecified atom stereocenters. The number of hydrogen-bond acceptors (Lipinski definition) is 5. The molecular weight excluding hydrogens is 525 g/mol. The number of aryl methyl sites for hydroxylation is 1. The number of anilines is 2. The molecule has 2 aliphatic rings. The van der Waals surface area contributed by atoms with E-state index in [2.05, 4.69) is 5.10 Å². The van der Waals surface area contributed by atoms with Gasteiger partial charge in [-0.25, -0.2) is 14.5 Å². The Kier molecular flexibility index (Phi) is 6.67. The molecular formula is C28H23F3N6O3. The summed E-state index contributed by atoms with van der Waals surface area (Å²) in [4.78, 5) is 44.8. The van der Waals surface area contributed by atoms with Crippen molar-refractivity contribution in [1.82, 2.24) is 14.7 Å². The first-order valence-electron chi connectivity index (χ1n) is 12.3. The quantitative estimate of drug-likeness (QED) is 0.427. The standard InChI is InChI=1S/C28H23F3N6O3/c1-34-16-21(15-33-34)35(2)26(39)37-25(18-11-9-17(14-32)10-12-18)24-22(7-4-8-23(24)38)36(27(37)40)20-6-3-5-19(13-20)28(29,30)31/h3,5-6,9-13,15-16,25H,4,7-8H2,1-2H3. The van der Waals surface area contributed by atoms with Crippen LogP contribution in [-0.4, -0.2) is 39.6 Å². The number of alkyl halides is 3. The van der Waals surface area contributed by atoms with Crippen molar-refractivity contribution in [3.8, 4) is 6.07 Å². The van der Waals surface area contributed by atoms with E-state index in [-0.39, 0.29) is 35.6 Å². The summed E-state index contributed by atoms with van der Waals surface area (Å²) in [7, 11) is 3.09. The average Bonchev–Trinajstić information content (AvgIpc) is 3.37. The summed E-state index contributed by atoms with van der Waals surface area (Å²) in [5, 5.41) is 13.3. The van der Waals surface area contributed by atoms with Crippen LogP contribution in [0.2, 0.25) is 0 Å². The van der Waals surface area contributed by atoms with E-state index >= 15 is 0 Å². The Bertz CT molecular complexity index is 1590. The smallest absolute Gasteiger partial charge is 0.294 e. The molecule has 0 radical (unpaired) electrons. The fourth-order valence-electron chi connectivity index (χ4n) is 5.04. The van der Waals surface area contributed by atoms with Crippen LogP contribution in [0.3, 0.4) is 0 Å². The fourth-order valence-corrected chi connectivity index (χ4v) is 5.04. The largest absolute Gasteiger partial charge is 0.416 e. The molecule has 9 nitrogen and oxygen atoms in total. The molecule has 12 heteroatoms. The lowest BCUT2D eigenvalue weighted by atomic mass is 9.83. The number of hydrogen-bond donors (Lipinski definition) is 0. The lowest BCUT2D eigenvalue weighted by Crippen LogP contribution is -2.57. The van der Waals surface area contributed by atoms with Crippen LogP contribution in [0.25, 0.3) is 0 Å². The Morgan fingerprint density at radius 2 is 1.85 bits per heavy atom. The molecule has 1 aromatic heterocycles. The zero-order valence-electron chi connectivity index (χ0n) is 21.5. The van der Waals surface area contributed by atoms with Crippen molar-refractivity contribution in [2.45, 2.75) is 31.5 Å². The van der Waals surface area contributed by atoms with Crippen LogP contribution in [0.15, 0.2) is 72.2 Å². The summed E-state index contributed by atoms with van der Waals surface area (Å²) in [6, 6.07) is 9.53. The van der Waals surface area contributed by atoms with E-state index in [0.29, 0.717) is 23.2 Å². The number of aromatic nitrogens is 2. The molecule has 1 aliphatic heterocycles. The Labute approximate surface area is 227 Å². The first-order valence-corrected chi connectivity index (χ1v) is 12.3. The number of benzene rings is 2. The minimum absolute atomic E-state index is 0.109. The third-order valence-electron chi connectivity index (χ3n) is 6.99. The van der Waals surface area contributed by atoms with Gasteiger partial charge in [-0.15, -0.1) is 0 Å². The molecule has 40 heavy (non-hydrogen) atoms. The van der Waals surface area contributed by atoms with Gasteiger partial charge in [-0.3, -0.25) is 19.3 Å². The van der Waals surface area contributed by atoms with Crippen molar-refractivity contribution in [2.75, 3.05) is 16.8 Å². The van der Waals surface area contributed by atoms with Gasteiger partial charge in [0.1, 0.15) is 0 Å². The zero-order valence-corrected chi connectivity index (χ0v) is 21.5. The van der Waals surface area contributed by atoms with Gasteiger partial charge in [0, 0.05) is 38.0 Å². The van der Waals surface area contributed by atoms with E-state index in [4.69, 9.17) is 0 Å². The number of rotatable bonds is 3. The second kappa shape index (κ2) is 10.00. The predicted octanol–water partition coefficient (Wildman–Crippen LogP) is 5.56. The van der Waals surface area contributed by atoms with E-state index < -0.39 is 29.8 Å². The second-order valence-corrected chi connectivity index (χ2v) is 9.52. The number of nitrogens with zero attached hydrogens (tertiary/aromatic N) is 6. The molecule has 0 fully saturated rings. The molecule has 2 heterocycles. The number of amides is 4. The molecule has 0 N–H and O–H groups in total. The van der Waals surface area contributed by atoms with Crippen molar-refractivity contribution in [3.05, 3.63) is 88.9 Å². The van der Waals surface area contributed by atoms with Gasteiger partial charge in [0.2, 0.25) is 0 Å². The maximum absolute atomic E-state index is 14.2. The van der Waals surface area contributed by atoms with Crippen LogP contribution in [0, 0.1) is 11.3 Å². The first-order chi connectivity index (χ1) is 19.0. The number of allylic oxidation sites excluding steroid dienone is 1. The minimum Gasteiger partial charge on any atom is -0.294 e. The molecule has 0 spiro atoms. The molecule has 1 atom stereocenters. The van der Waals surface area contributed by atoms with Crippen LogP contribution < -0.4 is 9.80 Å². The third kappa shape index (κ3) is 4.59. The Balaban J connectivity index is 1.73. The number of carbonyl (C=O) groups excluding carboxylic acids is 3. The number of ketones is 1. The average molecular weight is 549 g/mol. The van der Waals surface area contributed by atoms with Crippen molar-refractivity contribution >= 4 is 29.2 Å². The number of nitriles is 1. The Hall–Kier alpha value is -4.92. The maximum Gasteiger partial charge on any atom is 0.416 e. The SMILES string of the molecule is CN(C(=O)N1C(=O)N(c2cccc(C(F)(F)F)c2)C2=C(C(=O)CCC2)C1c1ccc(C#N)cc1)c1cnn(C)c1. The Morgan fingerprint density at radius 1 is 1.12 bits per heavy atom. The van der Waals surface area contributed by atoms with E-state index in [1.165, 1.54) is 47.1 Å². The fraction of sp³-hybridized carbons (Fsp3) is 0.250. The lowest BCUT2D eigenvalue weighted by Gasteiger charge is -2.45. The van der Waals surface area contributed by atoms with Crippen LogP contribution >= 0.6 is 0 Å². The van der Waals surface area contributed by atoms with Crippen LogP contribution in [0.5, 0.6) is 0 Å². The van der Waals surface area contributed by atoms with Crippen molar-refractivity contribution < 1.29 is 27.6 Å². The molecule has 5 rings (SSSR count). The number of halogens is 3. The van der Waals surface area contributed by atoms with Gasteiger partial charge < -0.3 is 0 Å². The zero-order chi connectivity index (χ0) is 28.8. The molecule has 0 bridgehead atoms. The molecule has 204 valence electrons. The predicted molar refractivity (Wildman–Crippen MR) is 138 cm³/mol. The highest BCUT2D eigenvalue weighted by Gasteiger charge is 2.48. The number of carbonyl (C=O) groups is 3. The van der Waals surface area contributed by atoms with Gasteiger partial charge in [0.15, 0.2) is 5.78 Å². The number of urea groups is 2. The molecule has 3 aromatic rings. The monoisotopic (exact) mass is 548 g/mol. The highest BCUT2D eigenvalue weighted by atomic mass is 19.4. The highest BCUT2D eigenvalue weighted by molar-refractivity contribution is 6.13. The third-order valence-corrected chi connectivity index (χ3v) is 6.99. The number of imide groups is 1. The van der Waals surface area contributed by atoms with Gasteiger partial charge in [0.25, 0.3) is 0 Å². The van der Waals surface area contributed by atoms with Crippen LogP contribution in [0.1, 0.15) is 42.0 Å². The van der Waals surface area contributed by atoms with Gasteiger partial charge in [0.05, 0.1) is 40.8 Å². The molecule has 2 aromatic carbocycles. The van der Waals surface area contributed by atoms with E-state index in [9.17, 15) is 32.8 Å². The normalized spacial score (nSPS) is 17.6. The van der Waals surface area contributed by atoms with Crippen LogP contribution in [0.4, 0.5) is 34.1 Å².